The van der Waals surface area contributed by atoms with Crippen molar-refractivity contribution in [1.82, 2.24) is 4.98 Å². The molecule has 16 heavy (non-hydrogen) atoms. The van der Waals surface area contributed by atoms with Gasteiger partial charge in [-0.2, -0.15) is 0 Å². The van der Waals surface area contributed by atoms with Crippen LogP contribution >= 0.6 is 0 Å². The highest BCUT2D eigenvalue weighted by atomic mass is 15.2. The van der Waals surface area contributed by atoms with E-state index < -0.39 is 0 Å². The van der Waals surface area contributed by atoms with Crippen LogP contribution < -0.4 is 9.80 Å². The van der Waals surface area contributed by atoms with Gasteiger partial charge in [0, 0.05) is 27.2 Å². The van der Waals surface area contributed by atoms with Crippen LogP contribution in [0.3, 0.4) is 0 Å². The topological polar surface area (TPSA) is 19.4 Å². The standard InChI is InChI=1S/C13H21N3/c1-11-5-4-8-16(10-11)13-7-6-12(9-14-13)15(2)3/h6-7,9,11H,4-5,8,10H2,1-3H3. The lowest BCUT2D eigenvalue weighted by Gasteiger charge is -2.32. The minimum Gasteiger partial charge on any atom is -0.376 e. The average Bonchev–Trinajstić information content (AvgIpc) is 2.29. The molecule has 1 fully saturated rings. The molecule has 1 atom stereocenters. The Morgan fingerprint density at radius 1 is 1.38 bits per heavy atom. The van der Waals surface area contributed by atoms with Gasteiger partial charge in [0.05, 0.1) is 11.9 Å². The van der Waals surface area contributed by atoms with Crippen LogP contribution in [-0.2, 0) is 0 Å². The lowest BCUT2D eigenvalue weighted by Crippen LogP contribution is -2.34. The number of anilines is 2. The fraction of sp³-hybridized carbons (Fsp3) is 0.615. The second-order valence-electron chi connectivity index (χ2n) is 4.96. The Kier molecular flexibility index (Phi) is 3.32. The predicted molar refractivity (Wildman–Crippen MR) is 69.2 cm³/mol. The van der Waals surface area contributed by atoms with Gasteiger partial charge in [-0.15, -0.1) is 0 Å². The van der Waals surface area contributed by atoms with E-state index >= 15 is 0 Å². The van der Waals surface area contributed by atoms with Crippen molar-refractivity contribution in [3.05, 3.63) is 18.3 Å². The summed E-state index contributed by atoms with van der Waals surface area (Å²) in [6.07, 6.45) is 4.60. The minimum absolute atomic E-state index is 0.795. The molecule has 1 saturated heterocycles. The maximum atomic E-state index is 4.54. The largest absolute Gasteiger partial charge is 0.376 e. The summed E-state index contributed by atoms with van der Waals surface area (Å²) in [7, 11) is 4.08. The maximum absolute atomic E-state index is 4.54. The van der Waals surface area contributed by atoms with E-state index in [0.717, 1.165) is 30.5 Å². The Balaban J connectivity index is 2.09. The number of hydrogen-bond acceptors (Lipinski definition) is 3. The maximum Gasteiger partial charge on any atom is 0.128 e. The Hall–Kier alpha value is -1.25. The van der Waals surface area contributed by atoms with Gasteiger partial charge < -0.3 is 9.80 Å². The molecule has 0 bridgehead atoms. The molecular formula is C13H21N3. The summed E-state index contributed by atoms with van der Waals surface area (Å²) < 4.78 is 0. The van der Waals surface area contributed by atoms with Gasteiger partial charge in [0.15, 0.2) is 0 Å². The van der Waals surface area contributed by atoms with Gasteiger partial charge in [-0.05, 0) is 30.9 Å². The second-order valence-corrected chi connectivity index (χ2v) is 4.96. The van der Waals surface area contributed by atoms with E-state index in [1.54, 1.807) is 0 Å². The van der Waals surface area contributed by atoms with Crippen LogP contribution in [0.2, 0.25) is 0 Å². The summed E-state index contributed by atoms with van der Waals surface area (Å²) in [6.45, 7) is 4.62. The highest BCUT2D eigenvalue weighted by Crippen LogP contribution is 2.22. The molecule has 2 heterocycles. The van der Waals surface area contributed by atoms with Gasteiger partial charge in [0.2, 0.25) is 0 Å². The molecule has 0 N–H and O–H groups in total. The average molecular weight is 219 g/mol. The molecule has 3 nitrogen and oxygen atoms in total. The first-order chi connectivity index (χ1) is 7.66. The Labute approximate surface area is 98.1 Å². The summed E-state index contributed by atoms with van der Waals surface area (Å²) in [6, 6.07) is 4.27. The van der Waals surface area contributed by atoms with Gasteiger partial charge in [-0.3, -0.25) is 0 Å². The van der Waals surface area contributed by atoms with Crippen LogP contribution in [0.1, 0.15) is 19.8 Å². The summed E-state index contributed by atoms with van der Waals surface area (Å²) >= 11 is 0. The molecule has 1 aromatic heterocycles. The molecule has 1 aromatic rings. The smallest absolute Gasteiger partial charge is 0.128 e. The zero-order chi connectivity index (χ0) is 11.5. The number of hydrogen-bond donors (Lipinski definition) is 0. The van der Waals surface area contributed by atoms with Gasteiger partial charge in [-0.1, -0.05) is 6.92 Å². The third-order valence-corrected chi connectivity index (χ3v) is 3.23. The van der Waals surface area contributed by atoms with Gasteiger partial charge in [-0.25, -0.2) is 4.98 Å². The normalized spacial score (nSPS) is 20.9. The van der Waals surface area contributed by atoms with E-state index in [-0.39, 0.29) is 0 Å². The van der Waals surface area contributed by atoms with Crippen LogP contribution in [0.15, 0.2) is 18.3 Å². The minimum atomic E-state index is 0.795. The van der Waals surface area contributed by atoms with Crippen molar-refractivity contribution in [1.29, 1.82) is 0 Å². The third kappa shape index (κ3) is 2.46. The van der Waals surface area contributed by atoms with Crippen LogP contribution in [0.4, 0.5) is 11.5 Å². The van der Waals surface area contributed by atoms with E-state index in [4.69, 9.17) is 0 Å². The zero-order valence-corrected chi connectivity index (χ0v) is 10.5. The van der Waals surface area contributed by atoms with Crippen molar-refractivity contribution in [2.75, 3.05) is 37.0 Å². The summed E-state index contributed by atoms with van der Waals surface area (Å²) in [4.78, 5) is 9.02. The molecular weight excluding hydrogens is 198 g/mol. The van der Waals surface area contributed by atoms with Gasteiger partial charge in [0.1, 0.15) is 5.82 Å². The molecule has 0 spiro atoms. The van der Waals surface area contributed by atoms with Crippen molar-refractivity contribution in [3.8, 4) is 0 Å². The number of pyridine rings is 1. The van der Waals surface area contributed by atoms with Crippen molar-refractivity contribution < 1.29 is 0 Å². The number of aromatic nitrogens is 1. The highest BCUT2D eigenvalue weighted by Gasteiger charge is 2.17. The van der Waals surface area contributed by atoms with E-state index in [1.165, 1.54) is 12.8 Å². The number of nitrogens with zero attached hydrogens (tertiary/aromatic N) is 3. The van der Waals surface area contributed by atoms with Crippen molar-refractivity contribution >= 4 is 11.5 Å². The summed E-state index contributed by atoms with van der Waals surface area (Å²) in [5.74, 6) is 1.92. The van der Waals surface area contributed by atoms with Gasteiger partial charge >= 0.3 is 0 Å². The monoisotopic (exact) mass is 219 g/mol. The summed E-state index contributed by atoms with van der Waals surface area (Å²) in [5, 5.41) is 0. The molecule has 0 aromatic carbocycles. The van der Waals surface area contributed by atoms with Gasteiger partial charge in [0.25, 0.3) is 0 Å². The molecule has 0 radical (unpaired) electrons. The lowest BCUT2D eigenvalue weighted by molar-refractivity contribution is 0.444. The summed E-state index contributed by atoms with van der Waals surface area (Å²) in [5.41, 5.74) is 1.16. The first-order valence-electron chi connectivity index (χ1n) is 6.05. The second kappa shape index (κ2) is 4.73. The van der Waals surface area contributed by atoms with Crippen molar-refractivity contribution in [2.24, 2.45) is 5.92 Å². The molecule has 1 aliphatic heterocycles. The van der Waals surface area contributed by atoms with E-state index in [9.17, 15) is 0 Å². The lowest BCUT2D eigenvalue weighted by atomic mass is 10.0. The Morgan fingerprint density at radius 3 is 2.75 bits per heavy atom. The molecule has 0 aliphatic carbocycles. The number of rotatable bonds is 2. The molecule has 1 unspecified atom stereocenters. The first-order valence-corrected chi connectivity index (χ1v) is 6.05. The van der Waals surface area contributed by atoms with E-state index in [2.05, 4.69) is 33.8 Å². The molecule has 1 aliphatic rings. The fourth-order valence-corrected chi connectivity index (χ4v) is 2.23. The first kappa shape index (κ1) is 11.2. The van der Waals surface area contributed by atoms with Crippen molar-refractivity contribution in [2.45, 2.75) is 19.8 Å². The predicted octanol–water partition coefficient (Wildman–Crippen LogP) is 2.38. The Bertz CT molecular complexity index is 332. The molecule has 2 rings (SSSR count). The number of piperidine rings is 1. The third-order valence-electron chi connectivity index (χ3n) is 3.23. The van der Waals surface area contributed by atoms with E-state index in [0.29, 0.717) is 0 Å². The van der Waals surface area contributed by atoms with Crippen LogP contribution in [0.5, 0.6) is 0 Å². The molecule has 0 saturated carbocycles. The SMILES string of the molecule is CC1CCCN(c2ccc(N(C)C)cn2)C1. The zero-order valence-electron chi connectivity index (χ0n) is 10.5. The van der Waals surface area contributed by atoms with E-state index in [1.807, 2.05) is 20.3 Å². The van der Waals surface area contributed by atoms with Crippen molar-refractivity contribution in [3.63, 3.8) is 0 Å². The molecule has 88 valence electrons. The van der Waals surface area contributed by atoms with Crippen LogP contribution in [0, 0.1) is 5.92 Å². The van der Waals surface area contributed by atoms with Crippen LogP contribution in [-0.4, -0.2) is 32.2 Å². The quantitative estimate of drug-likeness (QED) is 0.761. The highest BCUT2D eigenvalue weighted by molar-refractivity contribution is 5.49. The molecule has 0 amide bonds. The fourth-order valence-electron chi connectivity index (χ4n) is 2.23. The van der Waals surface area contributed by atoms with Crippen LogP contribution in [0.25, 0.3) is 0 Å². The molecule has 3 heteroatoms. The Morgan fingerprint density at radius 2 is 2.19 bits per heavy atom.